The minimum absolute atomic E-state index is 0.243. The second kappa shape index (κ2) is 10.7. The molecule has 0 spiro atoms. The van der Waals surface area contributed by atoms with Crippen LogP contribution in [0.25, 0.3) is 0 Å². The predicted octanol–water partition coefficient (Wildman–Crippen LogP) is 6.58. The molecule has 0 aliphatic rings. The van der Waals surface area contributed by atoms with E-state index in [4.69, 9.17) is 0 Å². The van der Waals surface area contributed by atoms with Crippen molar-refractivity contribution in [3.05, 3.63) is 156 Å². The van der Waals surface area contributed by atoms with Crippen LogP contribution in [0, 0.1) is 0 Å². The van der Waals surface area contributed by atoms with Crippen LogP contribution in [0.2, 0.25) is 0 Å². The van der Waals surface area contributed by atoms with Crippen molar-refractivity contribution in [2.24, 2.45) is 0 Å². The van der Waals surface area contributed by atoms with E-state index in [0.717, 1.165) is 22.3 Å². The van der Waals surface area contributed by atoms with Gasteiger partial charge in [0.25, 0.3) is 0 Å². The molecule has 160 valence electrons. The van der Waals surface area contributed by atoms with Gasteiger partial charge in [0.15, 0.2) is 0 Å². The highest BCUT2D eigenvalue weighted by Crippen LogP contribution is 2.36. The second-order valence-electron chi connectivity index (χ2n) is 7.97. The van der Waals surface area contributed by atoms with Gasteiger partial charge in [0.2, 0.25) is 0 Å². The lowest BCUT2D eigenvalue weighted by Crippen LogP contribution is -2.12. The summed E-state index contributed by atoms with van der Waals surface area (Å²) in [6, 6.07) is 39.5. The van der Waals surface area contributed by atoms with Gasteiger partial charge in [-0.05, 0) is 22.3 Å². The molecule has 0 heterocycles. The monoisotopic (exact) mass is 420 g/mol. The third-order valence-electron chi connectivity index (χ3n) is 5.86. The normalized spacial score (nSPS) is 15.2. The lowest BCUT2D eigenvalue weighted by atomic mass is 9.84. The topological polar surface area (TPSA) is 40.5 Å². The first-order chi connectivity index (χ1) is 15.7. The van der Waals surface area contributed by atoms with Gasteiger partial charge in [-0.15, -0.1) is 0 Å². The van der Waals surface area contributed by atoms with Crippen LogP contribution >= 0.6 is 0 Å². The molecule has 4 aromatic rings. The fourth-order valence-corrected chi connectivity index (χ4v) is 4.10. The Morgan fingerprint density at radius 2 is 0.625 bits per heavy atom. The van der Waals surface area contributed by atoms with Crippen molar-refractivity contribution >= 4 is 0 Å². The van der Waals surface area contributed by atoms with Gasteiger partial charge in [0.05, 0.1) is 12.2 Å². The average molecular weight is 421 g/mol. The molecule has 4 aromatic carbocycles. The van der Waals surface area contributed by atoms with Crippen molar-refractivity contribution < 1.29 is 10.2 Å². The van der Waals surface area contributed by atoms with Crippen molar-refractivity contribution in [1.29, 1.82) is 0 Å². The minimum atomic E-state index is -0.694. The van der Waals surface area contributed by atoms with E-state index in [2.05, 4.69) is 0 Å². The van der Waals surface area contributed by atoms with E-state index in [1.165, 1.54) is 0 Å². The molecule has 0 unspecified atom stereocenters. The van der Waals surface area contributed by atoms with Crippen molar-refractivity contribution in [2.45, 2.75) is 24.0 Å². The third kappa shape index (κ3) is 5.23. The summed E-state index contributed by atoms with van der Waals surface area (Å²) in [5, 5.41) is 22.5. The maximum absolute atomic E-state index is 11.3. The Morgan fingerprint density at radius 1 is 0.375 bits per heavy atom. The molecule has 0 saturated heterocycles. The standard InChI is InChI=1S/C30H28O2/c31-29(25-17-9-3-10-18-25)27(23-13-5-1-6-14-23)21-22-28(24-15-7-2-8-16-24)30(32)26-19-11-4-12-20-26/h1-22,27-32H/b22-21-/t27-,28+,29-,30+. The molecule has 0 bridgehead atoms. The van der Waals surface area contributed by atoms with Gasteiger partial charge in [0, 0.05) is 11.8 Å². The SMILES string of the molecule is O[C@H](c1ccccc1)[C@H](/C=C\[C@@H](c1ccccc1)[C@@H](O)c1ccccc1)c1ccccc1. The summed E-state index contributed by atoms with van der Waals surface area (Å²) in [5.41, 5.74) is 3.79. The predicted molar refractivity (Wildman–Crippen MR) is 130 cm³/mol. The summed E-state index contributed by atoms with van der Waals surface area (Å²) in [7, 11) is 0. The molecule has 0 amide bonds. The first kappa shape index (κ1) is 21.8. The van der Waals surface area contributed by atoms with Crippen LogP contribution < -0.4 is 0 Å². The van der Waals surface area contributed by atoms with Gasteiger partial charge in [-0.1, -0.05) is 133 Å². The first-order valence-electron chi connectivity index (χ1n) is 11.0. The van der Waals surface area contributed by atoms with Crippen LogP contribution in [-0.4, -0.2) is 10.2 Å². The van der Waals surface area contributed by atoms with Crippen LogP contribution in [0.1, 0.15) is 46.3 Å². The van der Waals surface area contributed by atoms with Gasteiger partial charge in [-0.25, -0.2) is 0 Å². The molecule has 0 saturated carbocycles. The number of hydrogen-bond acceptors (Lipinski definition) is 2. The third-order valence-corrected chi connectivity index (χ3v) is 5.86. The highest BCUT2D eigenvalue weighted by molar-refractivity contribution is 5.34. The summed E-state index contributed by atoms with van der Waals surface area (Å²) in [6.07, 6.45) is 2.69. The zero-order chi connectivity index (χ0) is 22.2. The van der Waals surface area contributed by atoms with Gasteiger partial charge < -0.3 is 10.2 Å². The Bertz CT molecular complexity index is 1000. The Balaban J connectivity index is 1.72. The fraction of sp³-hybridized carbons (Fsp3) is 0.133. The fourth-order valence-electron chi connectivity index (χ4n) is 4.10. The van der Waals surface area contributed by atoms with E-state index >= 15 is 0 Å². The van der Waals surface area contributed by atoms with E-state index < -0.39 is 12.2 Å². The molecule has 32 heavy (non-hydrogen) atoms. The Hall–Kier alpha value is -3.46. The molecule has 2 nitrogen and oxygen atoms in total. The zero-order valence-electron chi connectivity index (χ0n) is 17.9. The molecule has 2 heteroatoms. The van der Waals surface area contributed by atoms with Gasteiger partial charge in [-0.2, -0.15) is 0 Å². The molecule has 4 rings (SSSR count). The van der Waals surface area contributed by atoms with E-state index in [-0.39, 0.29) is 11.8 Å². The highest BCUT2D eigenvalue weighted by Gasteiger charge is 2.24. The van der Waals surface area contributed by atoms with Gasteiger partial charge in [0.1, 0.15) is 0 Å². The molecule has 2 N–H and O–H groups in total. The lowest BCUT2D eigenvalue weighted by Gasteiger charge is -2.24. The molecule has 0 aliphatic heterocycles. The van der Waals surface area contributed by atoms with Gasteiger partial charge in [-0.3, -0.25) is 0 Å². The van der Waals surface area contributed by atoms with Crippen LogP contribution in [-0.2, 0) is 0 Å². The number of aliphatic hydroxyl groups excluding tert-OH is 2. The maximum atomic E-state index is 11.3. The Morgan fingerprint density at radius 3 is 0.906 bits per heavy atom. The largest absolute Gasteiger partial charge is 0.387 e. The van der Waals surface area contributed by atoms with Crippen molar-refractivity contribution in [3.63, 3.8) is 0 Å². The zero-order valence-corrected chi connectivity index (χ0v) is 17.9. The lowest BCUT2D eigenvalue weighted by molar-refractivity contribution is 0.156. The molecule has 0 radical (unpaired) electrons. The molecular weight excluding hydrogens is 392 g/mol. The average Bonchev–Trinajstić information content (AvgIpc) is 2.88. The van der Waals surface area contributed by atoms with Gasteiger partial charge >= 0.3 is 0 Å². The summed E-state index contributed by atoms with van der Waals surface area (Å²) in [4.78, 5) is 0. The Labute approximate surface area is 190 Å². The number of benzene rings is 4. The molecule has 0 fully saturated rings. The highest BCUT2D eigenvalue weighted by atomic mass is 16.3. The molecule has 0 aliphatic carbocycles. The molecular formula is C30H28O2. The summed E-state index contributed by atoms with van der Waals surface area (Å²) >= 11 is 0. The minimum Gasteiger partial charge on any atom is -0.387 e. The van der Waals surface area contributed by atoms with Crippen LogP contribution in [0.3, 0.4) is 0 Å². The summed E-state index contributed by atoms with van der Waals surface area (Å²) < 4.78 is 0. The molecule has 0 aromatic heterocycles. The summed E-state index contributed by atoms with van der Waals surface area (Å²) in [6.45, 7) is 0. The first-order valence-corrected chi connectivity index (χ1v) is 11.0. The van der Waals surface area contributed by atoms with Crippen LogP contribution in [0.4, 0.5) is 0 Å². The number of aliphatic hydroxyl groups is 2. The number of hydrogen-bond donors (Lipinski definition) is 2. The quantitative estimate of drug-likeness (QED) is 0.316. The second-order valence-corrected chi connectivity index (χ2v) is 7.97. The van der Waals surface area contributed by atoms with E-state index in [9.17, 15) is 10.2 Å². The maximum Gasteiger partial charge on any atom is 0.0893 e. The van der Waals surface area contributed by atoms with Crippen molar-refractivity contribution in [2.75, 3.05) is 0 Å². The van der Waals surface area contributed by atoms with E-state index in [1.807, 2.05) is 133 Å². The Kier molecular flexibility index (Phi) is 7.29. The molecule has 4 atom stereocenters. The van der Waals surface area contributed by atoms with Crippen molar-refractivity contribution in [3.8, 4) is 0 Å². The van der Waals surface area contributed by atoms with Crippen LogP contribution in [0.5, 0.6) is 0 Å². The van der Waals surface area contributed by atoms with Crippen LogP contribution in [0.15, 0.2) is 133 Å². The van der Waals surface area contributed by atoms with E-state index in [1.54, 1.807) is 0 Å². The van der Waals surface area contributed by atoms with Crippen molar-refractivity contribution in [1.82, 2.24) is 0 Å². The number of rotatable bonds is 8. The summed E-state index contributed by atoms with van der Waals surface area (Å²) in [5.74, 6) is -0.486. The smallest absolute Gasteiger partial charge is 0.0893 e. The van der Waals surface area contributed by atoms with E-state index in [0.29, 0.717) is 0 Å².